The zero-order chi connectivity index (χ0) is 17.0. The molecule has 1 saturated carbocycles. The average molecular weight is 318 g/mol. The van der Waals surface area contributed by atoms with E-state index in [-0.39, 0.29) is 11.9 Å². The van der Waals surface area contributed by atoms with Crippen molar-refractivity contribution in [3.05, 3.63) is 35.4 Å². The lowest BCUT2D eigenvalue weighted by molar-refractivity contribution is -0.135. The van der Waals surface area contributed by atoms with Crippen LogP contribution in [0.2, 0.25) is 0 Å². The molecule has 0 saturated heterocycles. The summed E-state index contributed by atoms with van der Waals surface area (Å²) in [5.74, 6) is 0.0854. The minimum absolute atomic E-state index is 0.0854. The van der Waals surface area contributed by atoms with Gasteiger partial charge in [-0.3, -0.25) is 9.69 Å². The quantitative estimate of drug-likeness (QED) is 0.877. The number of amides is 1. The number of likely N-dealkylation sites (N-methyl/N-ethyl adjacent to an activating group) is 2. The molecular formula is C19H30N2O2. The molecule has 4 nitrogen and oxygen atoms in total. The van der Waals surface area contributed by atoms with E-state index < -0.39 is 5.60 Å². The summed E-state index contributed by atoms with van der Waals surface area (Å²) in [7, 11) is 5.71. The molecule has 1 N–H and O–H groups in total. The van der Waals surface area contributed by atoms with Crippen LogP contribution in [0.1, 0.15) is 49.3 Å². The van der Waals surface area contributed by atoms with Gasteiger partial charge in [0.05, 0.1) is 5.60 Å². The fourth-order valence-corrected chi connectivity index (χ4v) is 3.48. The first kappa shape index (κ1) is 18.0. The second kappa shape index (κ2) is 7.45. The van der Waals surface area contributed by atoms with Crippen LogP contribution in [0.15, 0.2) is 24.3 Å². The summed E-state index contributed by atoms with van der Waals surface area (Å²) < 4.78 is 0. The van der Waals surface area contributed by atoms with E-state index in [0.29, 0.717) is 13.0 Å². The first-order valence-electron chi connectivity index (χ1n) is 8.53. The van der Waals surface area contributed by atoms with Gasteiger partial charge in [-0.15, -0.1) is 0 Å². The molecule has 0 spiro atoms. The first-order valence-corrected chi connectivity index (χ1v) is 8.53. The molecule has 0 aromatic heterocycles. The lowest BCUT2D eigenvalue weighted by Crippen LogP contribution is -2.41. The topological polar surface area (TPSA) is 43.8 Å². The smallest absolute Gasteiger partial charge is 0.244 e. The molecule has 1 aliphatic rings. The van der Waals surface area contributed by atoms with E-state index in [2.05, 4.69) is 6.07 Å². The van der Waals surface area contributed by atoms with Crippen LogP contribution < -0.4 is 0 Å². The van der Waals surface area contributed by atoms with Crippen molar-refractivity contribution < 1.29 is 9.90 Å². The zero-order valence-electron chi connectivity index (χ0n) is 14.9. The van der Waals surface area contributed by atoms with Crippen LogP contribution in [0.5, 0.6) is 0 Å². The Labute approximate surface area is 140 Å². The minimum Gasteiger partial charge on any atom is -0.390 e. The number of carbonyl (C=O) groups excluding carboxylic acids is 1. The second-order valence-corrected chi connectivity index (χ2v) is 7.22. The number of rotatable bonds is 6. The van der Waals surface area contributed by atoms with Gasteiger partial charge in [-0.1, -0.05) is 42.7 Å². The third-order valence-corrected chi connectivity index (χ3v) is 4.93. The largest absolute Gasteiger partial charge is 0.390 e. The van der Waals surface area contributed by atoms with Gasteiger partial charge in [0.15, 0.2) is 0 Å². The maximum absolute atomic E-state index is 12.9. The van der Waals surface area contributed by atoms with Crippen molar-refractivity contribution in [2.24, 2.45) is 0 Å². The first-order chi connectivity index (χ1) is 10.8. The maximum Gasteiger partial charge on any atom is 0.244 e. The van der Waals surface area contributed by atoms with Crippen LogP contribution in [0.3, 0.4) is 0 Å². The highest BCUT2D eigenvalue weighted by Crippen LogP contribution is 2.32. The van der Waals surface area contributed by atoms with Gasteiger partial charge in [-0.25, -0.2) is 0 Å². The Morgan fingerprint density at radius 2 is 1.91 bits per heavy atom. The Morgan fingerprint density at radius 3 is 2.48 bits per heavy atom. The highest BCUT2D eigenvalue weighted by molar-refractivity contribution is 5.83. The van der Waals surface area contributed by atoms with Gasteiger partial charge in [-0.05, 0) is 45.8 Å². The molecule has 1 amide bonds. The molecule has 0 unspecified atom stereocenters. The fourth-order valence-electron chi connectivity index (χ4n) is 3.48. The van der Waals surface area contributed by atoms with Crippen molar-refractivity contribution in [1.82, 2.24) is 9.80 Å². The summed E-state index contributed by atoms with van der Waals surface area (Å²) in [4.78, 5) is 16.6. The van der Waals surface area contributed by atoms with E-state index in [4.69, 9.17) is 0 Å². The summed E-state index contributed by atoms with van der Waals surface area (Å²) >= 11 is 0. The van der Waals surface area contributed by atoms with Gasteiger partial charge in [0, 0.05) is 13.6 Å². The van der Waals surface area contributed by atoms with Crippen LogP contribution in [0, 0.1) is 6.92 Å². The molecule has 128 valence electrons. The van der Waals surface area contributed by atoms with Crippen molar-refractivity contribution in [3.63, 3.8) is 0 Å². The van der Waals surface area contributed by atoms with Crippen LogP contribution in [0.4, 0.5) is 0 Å². The van der Waals surface area contributed by atoms with Gasteiger partial charge in [0.1, 0.15) is 6.04 Å². The Morgan fingerprint density at radius 1 is 1.26 bits per heavy atom. The summed E-state index contributed by atoms with van der Waals surface area (Å²) in [6, 6.07) is 7.84. The molecule has 0 bridgehead atoms. The molecule has 1 aromatic carbocycles. The van der Waals surface area contributed by atoms with Crippen molar-refractivity contribution in [2.45, 2.75) is 50.7 Å². The Bertz CT molecular complexity index is 536. The molecule has 1 aliphatic carbocycles. The van der Waals surface area contributed by atoms with Gasteiger partial charge in [0.25, 0.3) is 0 Å². The minimum atomic E-state index is -0.564. The summed E-state index contributed by atoms with van der Waals surface area (Å²) in [5.41, 5.74) is 1.61. The van der Waals surface area contributed by atoms with E-state index in [1.165, 1.54) is 0 Å². The molecular weight excluding hydrogens is 288 g/mol. The van der Waals surface area contributed by atoms with E-state index in [9.17, 15) is 9.90 Å². The predicted molar refractivity (Wildman–Crippen MR) is 93.3 cm³/mol. The molecule has 1 atom stereocenters. The van der Waals surface area contributed by atoms with Gasteiger partial charge in [-0.2, -0.15) is 0 Å². The van der Waals surface area contributed by atoms with E-state index >= 15 is 0 Å². The number of carbonyl (C=O) groups is 1. The lowest BCUT2D eigenvalue weighted by Gasteiger charge is -2.31. The van der Waals surface area contributed by atoms with E-state index in [1.54, 1.807) is 4.90 Å². The normalized spacial score (nSPS) is 18.2. The second-order valence-electron chi connectivity index (χ2n) is 7.22. The van der Waals surface area contributed by atoms with Crippen molar-refractivity contribution >= 4 is 5.91 Å². The highest BCUT2D eigenvalue weighted by Gasteiger charge is 2.32. The molecule has 0 aliphatic heterocycles. The molecule has 0 heterocycles. The average Bonchev–Trinajstić information content (AvgIpc) is 2.92. The molecule has 4 heteroatoms. The molecule has 23 heavy (non-hydrogen) atoms. The monoisotopic (exact) mass is 318 g/mol. The van der Waals surface area contributed by atoms with Crippen molar-refractivity contribution in [3.8, 4) is 0 Å². The van der Waals surface area contributed by atoms with Gasteiger partial charge >= 0.3 is 0 Å². The Balaban J connectivity index is 2.05. The number of aryl methyl sites for hydroxylation is 1. The SMILES string of the molecule is Cc1cccc([C@@H](C(=O)N(C)CCC2(O)CCCC2)N(C)C)c1. The number of nitrogens with zero attached hydrogens (tertiary/aromatic N) is 2. The third kappa shape index (κ3) is 4.55. The summed E-state index contributed by atoms with van der Waals surface area (Å²) in [6.45, 7) is 2.64. The molecule has 1 fully saturated rings. The third-order valence-electron chi connectivity index (χ3n) is 4.93. The Kier molecular flexibility index (Phi) is 5.82. The number of aliphatic hydroxyl groups is 1. The molecule has 2 rings (SSSR count). The summed E-state index contributed by atoms with van der Waals surface area (Å²) in [5, 5.41) is 10.5. The zero-order valence-corrected chi connectivity index (χ0v) is 14.9. The van der Waals surface area contributed by atoms with Gasteiger partial charge < -0.3 is 10.0 Å². The summed E-state index contributed by atoms with van der Waals surface area (Å²) in [6.07, 6.45) is 4.59. The van der Waals surface area contributed by atoms with E-state index in [1.807, 2.05) is 51.2 Å². The number of hydrogen-bond donors (Lipinski definition) is 1. The van der Waals surface area contributed by atoms with Crippen LogP contribution in [-0.4, -0.2) is 54.1 Å². The van der Waals surface area contributed by atoms with E-state index in [0.717, 1.165) is 36.8 Å². The highest BCUT2D eigenvalue weighted by atomic mass is 16.3. The number of benzene rings is 1. The van der Waals surface area contributed by atoms with Crippen molar-refractivity contribution in [1.29, 1.82) is 0 Å². The van der Waals surface area contributed by atoms with Crippen LogP contribution >= 0.6 is 0 Å². The molecule has 1 aromatic rings. The van der Waals surface area contributed by atoms with Crippen LogP contribution in [0.25, 0.3) is 0 Å². The van der Waals surface area contributed by atoms with Crippen molar-refractivity contribution in [2.75, 3.05) is 27.7 Å². The fraction of sp³-hybridized carbons (Fsp3) is 0.632. The Hall–Kier alpha value is -1.39. The number of hydrogen-bond acceptors (Lipinski definition) is 3. The van der Waals surface area contributed by atoms with Crippen LogP contribution in [-0.2, 0) is 4.79 Å². The predicted octanol–water partition coefficient (Wildman–Crippen LogP) is 2.75. The lowest BCUT2D eigenvalue weighted by atomic mass is 9.97. The molecule has 0 radical (unpaired) electrons. The standard InChI is InChI=1S/C19H30N2O2/c1-15-8-7-9-16(14-15)17(20(2)3)18(22)21(4)13-12-19(23)10-5-6-11-19/h7-9,14,17,23H,5-6,10-13H2,1-4H3/t17-/m0/s1. The van der Waals surface area contributed by atoms with Gasteiger partial charge in [0.2, 0.25) is 5.91 Å². The maximum atomic E-state index is 12.9.